The highest BCUT2D eigenvalue weighted by Gasteiger charge is 2.19. The van der Waals surface area contributed by atoms with E-state index in [1.807, 2.05) is 0 Å². The second-order valence-electron chi connectivity index (χ2n) is 6.35. The van der Waals surface area contributed by atoms with E-state index in [9.17, 15) is 0 Å². The molecule has 0 saturated heterocycles. The molecule has 21 heavy (non-hydrogen) atoms. The Morgan fingerprint density at radius 2 is 1.48 bits per heavy atom. The van der Waals surface area contributed by atoms with Crippen molar-refractivity contribution >= 4 is 0 Å². The fourth-order valence-corrected chi connectivity index (χ4v) is 2.63. The van der Waals surface area contributed by atoms with E-state index >= 15 is 0 Å². The average molecular weight is 281 g/mol. The zero-order valence-electron chi connectivity index (χ0n) is 13.5. The van der Waals surface area contributed by atoms with Crippen LogP contribution in [0.1, 0.15) is 43.9 Å². The van der Waals surface area contributed by atoms with Gasteiger partial charge in [-0.3, -0.25) is 0 Å². The Morgan fingerprint density at radius 1 is 0.857 bits per heavy atom. The molecule has 0 atom stereocenters. The van der Waals surface area contributed by atoms with Crippen LogP contribution in [0.5, 0.6) is 0 Å². The lowest BCUT2D eigenvalue weighted by molar-refractivity contribution is 0.461. The molecule has 0 aromatic heterocycles. The summed E-state index contributed by atoms with van der Waals surface area (Å²) < 4.78 is 0. The second-order valence-corrected chi connectivity index (χ2v) is 6.35. The summed E-state index contributed by atoms with van der Waals surface area (Å²) >= 11 is 0. The van der Waals surface area contributed by atoms with E-state index in [0.29, 0.717) is 0 Å². The van der Waals surface area contributed by atoms with Crippen LogP contribution in [0.2, 0.25) is 0 Å². The molecule has 0 heterocycles. The predicted octanol–water partition coefficient (Wildman–Crippen LogP) is 4.55. The molecule has 0 aliphatic carbocycles. The minimum absolute atomic E-state index is 0.230. The second kappa shape index (κ2) is 7.42. The number of hydrogen-bond donors (Lipinski definition) is 1. The van der Waals surface area contributed by atoms with E-state index < -0.39 is 0 Å². The van der Waals surface area contributed by atoms with Gasteiger partial charge in [-0.1, -0.05) is 75.4 Å². The first-order chi connectivity index (χ1) is 10.1. The first kappa shape index (κ1) is 15.8. The Morgan fingerprint density at radius 3 is 2.10 bits per heavy atom. The van der Waals surface area contributed by atoms with Gasteiger partial charge in [-0.2, -0.15) is 0 Å². The molecule has 1 nitrogen and oxygen atoms in total. The highest BCUT2D eigenvalue weighted by Crippen LogP contribution is 2.27. The molecule has 2 aromatic rings. The quantitative estimate of drug-likeness (QED) is 0.734. The number of rotatable bonds is 7. The van der Waals surface area contributed by atoms with Gasteiger partial charge in [-0.15, -0.1) is 0 Å². The molecule has 2 aromatic carbocycles. The number of nitrogens with one attached hydrogen (secondary N) is 1. The zero-order chi connectivity index (χ0) is 15.1. The molecule has 0 amide bonds. The van der Waals surface area contributed by atoms with Crippen LogP contribution in [-0.4, -0.2) is 13.1 Å². The summed E-state index contributed by atoms with van der Waals surface area (Å²) in [4.78, 5) is 0. The van der Waals surface area contributed by atoms with Crippen molar-refractivity contribution < 1.29 is 0 Å². The lowest BCUT2D eigenvalue weighted by atomic mass is 9.81. The van der Waals surface area contributed by atoms with Gasteiger partial charge >= 0.3 is 0 Å². The maximum atomic E-state index is 3.42. The SMILES string of the molecule is CCNCCC(C)(C)c1ccc(Cc2ccccc2)cc1. The molecule has 112 valence electrons. The van der Waals surface area contributed by atoms with Crippen LogP contribution in [-0.2, 0) is 11.8 Å². The summed E-state index contributed by atoms with van der Waals surface area (Å²) in [5.41, 5.74) is 4.41. The van der Waals surface area contributed by atoms with Gasteiger partial charge < -0.3 is 5.32 Å². The van der Waals surface area contributed by atoms with Gasteiger partial charge in [0.25, 0.3) is 0 Å². The van der Waals surface area contributed by atoms with Crippen LogP contribution in [0.25, 0.3) is 0 Å². The zero-order valence-corrected chi connectivity index (χ0v) is 13.5. The minimum atomic E-state index is 0.230. The fourth-order valence-electron chi connectivity index (χ4n) is 2.63. The smallest absolute Gasteiger partial charge is 0.00258 e. The van der Waals surface area contributed by atoms with E-state index in [-0.39, 0.29) is 5.41 Å². The normalized spacial score (nSPS) is 11.6. The molecule has 0 aliphatic heterocycles. The Kier molecular flexibility index (Phi) is 5.58. The molecule has 2 rings (SSSR count). The van der Waals surface area contributed by atoms with Crippen molar-refractivity contribution in [3.8, 4) is 0 Å². The maximum absolute atomic E-state index is 3.42. The Labute approximate surface area is 129 Å². The van der Waals surface area contributed by atoms with Gasteiger partial charge in [0.15, 0.2) is 0 Å². The first-order valence-electron chi connectivity index (χ1n) is 7.96. The van der Waals surface area contributed by atoms with Crippen LogP contribution >= 0.6 is 0 Å². The van der Waals surface area contributed by atoms with Crippen molar-refractivity contribution in [3.63, 3.8) is 0 Å². The van der Waals surface area contributed by atoms with Gasteiger partial charge in [0.1, 0.15) is 0 Å². The van der Waals surface area contributed by atoms with E-state index in [4.69, 9.17) is 0 Å². The molecular formula is C20H27N. The summed E-state index contributed by atoms with van der Waals surface area (Å²) in [5, 5.41) is 3.42. The maximum Gasteiger partial charge on any atom is -0.00258 e. The average Bonchev–Trinajstić information content (AvgIpc) is 2.49. The van der Waals surface area contributed by atoms with E-state index in [1.54, 1.807) is 0 Å². The Bertz CT molecular complexity index is 526. The summed E-state index contributed by atoms with van der Waals surface area (Å²) in [5.74, 6) is 0. The Balaban J connectivity index is 2.01. The molecule has 0 bridgehead atoms. The van der Waals surface area contributed by atoms with E-state index in [0.717, 1.165) is 19.5 Å². The molecule has 0 saturated carbocycles. The molecule has 1 heteroatoms. The van der Waals surface area contributed by atoms with Crippen LogP contribution in [0.3, 0.4) is 0 Å². The summed E-state index contributed by atoms with van der Waals surface area (Å²) in [6.45, 7) is 8.94. The van der Waals surface area contributed by atoms with Crippen LogP contribution in [0, 0.1) is 0 Å². The standard InChI is InChI=1S/C20H27N/c1-4-21-15-14-20(2,3)19-12-10-18(11-13-19)16-17-8-6-5-7-9-17/h5-13,21H,4,14-16H2,1-3H3. The van der Waals surface area contributed by atoms with Crippen LogP contribution in [0.15, 0.2) is 54.6 Å². The lowest BCUT2D eigenvalue weighted by Gasteiger charge is -2.25. The highest BCUT2D eigenvalue weighted by molar-refractivity contribution is 5.31. The van der Waals surface area contributed by atoms with Gasteiger partial charge in [-0.05, 0) is 48.0 Å². The van der Waals surface area contributed by atoms with Crippen molar-refractivity contribution in [2.75, 3.05) is 13.1 Å². The van der Waals surface area contributed by atoms with Gasteiger partial charge in [0.2, 0.25) is 0 Å². The largest absolute Gasteiger partial charge is 0.317 e. The topological polar surface area (TPSA) is 12.0 Å². The summed E-state index contributed by atoms with van der Waals surface area (Å²) in [6.07, 6.45) is 2.18. The lowest BCUT2D eigenvalue weighted by Crippen LogP contribution is -2.25. The fraction of sp³-hybridized carbons (Fsp3) is 0.400. The van der Waals surface area contributed by atoms with Crippen molar-refractivity contribution in [2.45, 2.75) is 39.0 Å². The van der Waals surface area contributed by atoms with Crippen LogP contribution < -0.4 is 5.32 Å². The summed E-state index contributed by atoms with van der Waals surface area (Å²) in [6, 6.07) is 19.8. The van der Waals surface area contributed by atoms with Crippen molar-refractivity contribution in [1.29, 1.82) is 0 Å². The molecule has 0 unspecified atom stereocenters. The third kappa shape index (κ3) is 4.71. The van der Waals surface area contributed by atoms with Crippen molar-refractivity contribution in [2.24, 2.45) is 0 Å². The third-order valence-corrected chi connectivity index (χ3v) is 4.16. The first-order valence-corrected chi connectivity index (χ1v) is 7.96. The Hall–Kier alpha value is -1.60. The minimum Gasteiger partial charge on any atom is -0.317 e. The monoisotopic (exact) mass is 281 g/mol. The molecule has 0 spiro atoms. The van der Waals surface area contributed by atoms with E-state index in [1.165, 1.54) is 23.1 Å². The van der Waals surface area contributed by atoms with Crippen LogP contribution in [0.4, 0.5) is 0 Å². The molecular weight excluding hydrogens is 254 g/mol. The molecule has 1 N–H and O–H groups in total. The predicted molar refractivity (Wildman–Crippen MR) is 91.9 cm³/mol. The van der Waals surface area contributed by atoms with Gasteiger partial charge in [-0.25, -0.2) is 0 Å². The third-order valence-electron chi connectivity index (χ3n) is 4.16. The molecule has 0 fully saturated rings. The number of hydrogen-bond acceptors (Lipinski definition) is 1. The summed E-state index contributed by atoms with van der Waals surface area (Å²) in [7, 11) is 0. The highest BCUT2D eigenvalue weighted by atomic mass is 14.8. The van der Waals surface area contributed by atoms with Gasteiger partial charge in [0.05, 0.1) is 0 Å². The van der Waals surface area contributed by atoms with Crippen molar-refractivity contribution in [3.05, 3.63) is 71.3 Å². The van der Waals surface area contributed by atoms with Gasteiger partial charge in [0, 0.05) is 0 Å². The van der Waals surface area contributed by atoms with E-state index in [2.05, 4.69) is 80.7 Å². The van der Waals surface area contributed by atoms with Crippen molar-refractivity contribution in [1.82, 2.24) is 5.32 Å². The molecule has 0 aliphatic rings. The molecule has 0 radical (unpaired) electrons. The number of benzene rings is 2.